The summed E-state index contributed by atoms with van der Waals surface area (Å²) < 4.78 is 5.37. The fourth-order valence-corrected chi connectivity index (χ4v) is 1.20. The Bertz CT molecular complexity index is 276. The lowest BCUT2D eigenvalue weighted by molar-refractivity contribution is 0.122. The molecule has 0 amide bonds. The Hall–Kier alpha value is -0.730. The normalized spacial score (nSPS) is 10.3. The number of ether oxygens (including phenoxy) is 1. The minimum absolute atomic E-state index is 0.566. The molecule has 0 saturated heterocycles. The van der Waals surface area contributed by atoms with E-state index in [0.717, 1.165) is 18.6 Å². The molecular weight excluding hydrogens is 186 g/mol. The molecule has 0 aliphatic rings. The Balaban J connectivity index is 2.56. The van der Waals surface area contributed by atoms with Gasteiger partial charge in [0.25, 0.3) is 0 Å². The van der Waals surface area contributed by atoms with Crippen LogP contribution >= 0.6 is 11.6 Å². The molecule has 0 aliphatic carbocycles. The number of nitrogen functional groups attached to an aromatic ring is 1. The molecule has 13 heavy (non-hydrogen) atoms. The van der Waals surface area contributed by atoms with Gasteiger partial charge in [-0.25, -0.2) is 0 Å². The van der Waals surface area contributed by atoms with Crippen molar-refractivity contribution in [3.8, 4) is 0 Å². The van der Waals surface area contributed by atoms with Crippen LogP contribution in [0, 0.1) is 0 Å². The number of rotatable bonds is 4. The van der Waals surface area contributed by atoms with Crippen molar-refractivity contribution in [2.24, 2.45) is 0 Å². The van der Waals surface area contributed by atoms with Crippen LogP contribution in [0.2, 0.25) is 5.02 Å². The standard InChI is InChI=1S/C10H14ClNO/c1-2-5-13-7-8-3-4-9(11)6-10(8)12/h3-4,6H,2,5,7,12H2,1H3. The van der Waals surface area contributed by atoms with Crippen LogP contribution in [-0.2, 0) is 11.3 Å². The first-order valence-corrected chi connectivity index (χ1v) is 4.73. The minimum atomic E-state index is 0.566. The third kappa shape index (κ3) is 3.25. The fraction of sp³-hybridized carbons (Fsp3) is 0.400. The number of benzene rings is 1. The first kappa shape index (κ1) is 10.4. The highest BCUT2D eigenvalue weighted by molar-refractivity contribution is 6.30. The predicted octanol–water partition coefficient (Wildman–Crippen LogP) is 2.85. The van der Waals surface area contributed by atoms with E-state index in [-0.39, 0.29) is 0 Å². The van der Waals surface area contributed by atoms with Crippen molar-refractivity contribution in [3.63, 3.8) is 0 Å². The average molecular weight is 200 g/mol. The van der Waals surface area contributed by atoms with E-state index in [0.29, 0.717) is 17.3 Å². The van der Waals surface area contributed by atoms with Gasteiger partial charge in [-0.1, -0.05) is 24.6 Å². The van der Waals surface area contributed by atoms with Crippen LogP contribution in [-0.4, -0.2) is 6.61 Å². The van der Waals surface area contributed by atoms with E-state index in [9.17, 15) is 0 Å². The molecule has 0 aliphatic heterocycles. The van der Waals surface area contributed by atoms with Gasteiger partial charge in [-0.05, 0) is 18.6 Å². The predicted molar refractivity (Wildman–Crippen MR) is 55.8 cm³/mol. The SMILES string of the molecule is CCCOCc1ccc(Cl)cc1N. The molecule has 0 aromatic heterocycles. The van der Waals surface area contributed by atoms with Crippen LogP contribution in [0.15, 0.2) is 18.2 Å². The first-order chi connectivity index (χ1) is 6.24. The summed E-state index contributed by atoms with van der Waals surface area (Å²) in [6.07, 6.45) is 1.02. The van der Waals surface area contributed by atoms with Crippen molar-refractivity contribution >= 4 is 17.3 Å². The number of halogens is 1. The van der Waals surface area contributed by atoms with Gasteiger partial charge in [-0.3, -0.25) is 0 Å². The van der Waals surface area contributed by atoms with Crippen LogP contribution in [0.4, 0.5) is 5.69 Å². The minimum Gasteiger partial charge on any atom is -0.398 e. The topological polar surface area (TPSA) is 35.2 Å². The van der Waals surface area contributed by atoms with Gasteiger partial charge in [0.1, 0.15) is 0 Å². The third-order valence-corrected chi connectivity index (χ3v) is 1.95. The number of anilines is 1. The highest BCUT2D eigenvalue weighted by atomic mass is 35.5. The van der Waals surface area contributed by atoms with Crippen molar-refractivity contribution in [2.45, 2.75) is 20.0 Å². The molecule has 1 aromatic rings. The quantitative estimate of drug-likeness (QED) is 0.598. The molecule has 0 atom stereocenters. The summed E-state index contributed by atoms with van der Waals surface area (Å²) in [7, 11) is 0. The van der Waals surface area contributed by atoms with E-state index in [4.69, 9.17) is 22.1 Å². The lowest BCUT2D eigenvalue weighted by Gasteiger charge is -2.06. The Morgan fingerprint density at radius 3 is 2.85 bits per heavy atom. The Morgan fingerprint density at radius 2 is 2.23 bits per heavy atom. The van der Waals surface area contributed by atoms with Crippen LogP contribution in [0.3, 0.4) is 0 Å². The van der Waals surface area contributed by atoms with Crippen LogP contribution < -0.4 is 5.73 Å². The van der Waals surface area contributed by atoms with Crippen molar-refractivity contribution in [3.05, 3.63) is 28.8 Å². The van der Waals surface area contributed by atoms with Crippen LogP contribution in [0.5, 0.6) is 0 Å². The van der Waals surface area contributed by atoms with Gasteiger partial charge in [0.05, 0.1) is 6.61 Å². The maximum Gasteiger partial charge on any atom is 0.0736 e. The highest BCUT2D eigenvalue weighted by Gasteiger charge is 1.99. The van der Waals surface area contributed by atoms with Crippen molar-refractivity contribution in [1.29, 1.82) is 0 Å². The van der Waals surface area contributed by atoms with Gasteiger partial charge in [-0.15, -0.1) is 0 Å². The van der Waals surface area contributed by atoms with E-state index in [1.54, 1.807) is 6.07 Å². The zero-order valence-electron chi connectivity index (χ0n) is 7.72. The number of hydrogen-bond acceptors (Lipinski definition) is 2. The Labute approximate surface area is 83.6 Å². The molecule has 0 bridgehead atoms. The maximum atomic E-state index is 5.76. The summed E-state index contributed by atoms with van der Waals surface area (Å²) in [5.74, 6) is 0. The van der Waals surface area contributed by atoms with E-state index in [1.165, 1.54) is 0 Å². The summed E-state index contributed by atoms with van der Waals surface area (Å²) in [4.78, 5) is 0. The van der Waals surface area contributed by atoms with E-state index in [1.807, 2.05) is 12.1 Å². The molecule has 0 radical (unpaired) electrons. The molecule has 1 rings (SSSR count). The van der Waals surface area contributed by atoms with Crippen molar-refractivity contribution < 1.29 is 4.74 Å². The van der Waals surface area contributed by atoms with Gasteiger partial charge in [0.15, 0.2) is 0 Å². The Morgan fingerprint density at radius 1 is 1.46 bits per heavy atom. The summed E-state index contributed by atoms with van der Waals surface area (Å²) in [5, 5.41) is 0.664. The molecule has 0 heterocycles. The van der Waals surface area contributed by atoms with E-state index >= 15 is 0 Å². The van der Waals surface area contributed by atoms with Crippen molar-refractivity contribution in [2.75, 3.05) is 12.3 Å². The molecule has 0 saturated carbocycles. The van der Waals surface area contributed by atoms with Crippen LogP contribution in [0.1, 0.15) is 18.9 Å². The lowest BCUT2D eigenvalue weighted by Crippen LogP contribution is -1.98. The highest BCUT2D eigenvalue weighted by Crippen LogP contribution is 2.18. The summed E-state index contributed by atoms with van der Waals surface area (Å²) >= 11 is 5.76. The van der Waals surface area contributed by atoms with Crippen LogP contribution in [0.25, 0.3) is 0 Å². The average Bonchev–Trinajstić information content (AvgIpc) is 2.09. The molecule has 2 nitrogen and oxygen atoms in total. The lowest BCUT2D eigenvalue weighted by atomic mass is 10.2. The van der Waals surface area contributed by atoms with Gasteiger partial charge in [-0.2, -0.15) is 0 Å². The van der Waals surface area contributed by atoms with E-state index < -0.39 is 0 Å². The molecule has 0 unspecified atom stereocenters. The zero-order valence-corrected chi connectivity index (χ0v) is 8.47. The molecule has 1 aromatic carbocycles. The number of hydrogen-bond donors (Lipinski definition) is 1. The second-order valence-electron chi connectivity index (χ2n) is 2.90. The summed E-state index contributed by atoms with van der Waals surface area (Å²) in [6, 6.07) is 5.46. The summed E-state index contributed by atoms with van der Waals surface area (Å²) in [5.41, 5.74) is 7.43. The second kappa shape index (κ2) is 5.10. The molecule has 72 valence electrons. The Kier molecular flexibility index (Phi) is 4.06. The van der Waals surface area contributed by atoms with Crippen molar-refractivity contribution in [1.82, 2.24) is 0 Å². The largest absolute Gasteiger partial charge is 0.398 e. The molecule has 0 fully saturated rings. The molecule has 3 heteroatoms. The van der Waals surface area contributed by atoms with Gasteiger partial charge in [0.2, 0.25) is 0 Å². The number of nitrogens with two attached hydrogens (primary N) is 1. The molecule has 0 spiro atoms. The fourth-order valence-electron chi connectivity index (χ4n) is 1.02. The molecular formula is C10H14ClNO. The monoisotopic (exact) mass is 199 g/mol. The van der Waals surface area contributed by atoms with Gasteiger partial charge in [0, 0.05) is 22.9 Å². The zero-order chi connectivity index (χ0) is 9.68. The second-order valence-corrected chi connectivity index (χ2v) is 3.33. The smallest absolute Gasteiger partial charge is 0.0736 e. The van der Waals surface area contributed by atoms with E-state index in [2.05, 4.69) is 6.92 Å². The van der Waals surface area contributed by atoms with Gasteiger partial charge < -0.3 is 10.5 Å². The molecule has 2 N–H and O–H groups in total. The maximum absolute atomic E-state index is 5.76. The summed E-state index contributed by atoms with van der Waals surface area (Å²) in [6.45, 7) is 3.41. The first-order valence-electron chi connectivity index (χ1n) is 4.35. The third-order valence-electron chi connectivity index (χ3n) is 1.71. The van der Waals surface area contributed by atoms with Gasteiger partial charge >= 0.3 is 0 Å².